The Morgan fingerprint density at radius 3 is 2.74 bits per heavy atom. The van der Waals surface area contributed by atoms with E-state index in [1.807, 2.05) is 11.8 Å². The van der Waals surface area contributed by atoms with Crippen LogP contribution in [0.4, 0.5) is 0 Å². The van der Waals surface area contributed by atoms with Crippen LogP contribution in [0.3, 0.4) is 0 Å². The SMILES string of the molecule is Cc1occc1C(=O)N1CCCC(Cc2nc(C3CCCCCC3)no2)C1. The minimum Gasteiger partial charge on any atom is -0.469 e. The number of nitrogens with zero attached hydrogens (tertiary/aromatic N) is 3. The molecule has 6 nitrogen and oxygen atoms in total. The Labute approximate surface area is 160 Å². The van der Waals surface area contributed by atoms with Crippen molar-refractivity contribution in [2.75, 3.05) is 13.1 Å². The van der Waals surface area contributed by atoms with E-state index in [-0.39, 0.29) is 5.91 Å². The lowest BCUT2D eigenvalue weighted by Gasteiger charge is -2.32. The molecule has 0 spiro atoms. The lowest BCUT2D eigenvalue weighted by Crippen LogP contribution is -2.40. The zero-order valence-electron chi connectivity index (χ0n) is 16.2. The molecule has 2 aromatic heterocycles. The van der Waals surface area contributed by atoms with Crippen LogP contribution in [0.5, 0.6) is 0 Å². The second kappa shape index (κ2) is 8.28. The highest BCUT2D eigenvalue weighted by molar-refractivity contribution is 5.95. The van der Waals surface area contributed by atoms with Crippen molar-refractivity contribution in [1.29, 1.82) is 0 Å². The van der Waals surface area contributed by atoms with Gasteiger partial charge in [0.15, 0.2) is 5.82 Å². The largest absolute Gasteiger partial charge is 0.469 e. The van der Waals surface area contributed by atoms with Gasteiger partial charge in [-0.25, -0.2) is 0 Å². The summed E-state index contributed by atoms with van der Waals surface area (Å²) >= 11 is 0. The maximum Gasteiger partial charge on any atom is 0.257 e. The third-order valence-corrected chi connectivity index (χ3v) is 6.06. The van der Waals surface area contributed by atoms with Crippen LogP contribution in [0.1, 0.15) is 85.1 Å². The van der Waals surface area contributed by atoms with Crippen LogP contribution in [0.25, 0.3) is 0 Å². The number of hydrogen-bond acceptors (Lipinski definition) is 5. The third-order valence-electron chi connectivity index (χ3n) is 6.06. The average Bonchev–Trinajstić information content (AvgIpc) is 3.22. The molecule has 1 aliphatic heterocycles. The summed E-state index contributed by atoms with van der Waals surface area (Å²) in [5, 5.41) is 4.27. The second-order valence-electron chi connectivity index (χ2n) is 8.09. The van der Waals surface area contributed by atoms with E-state index in [0.29, 0.717) is 23.2 Å². The molecule has 0 aromatic carbocycles. The van der Waals surface area contributed by atoms with Crippen LogP contribution in [0.15, 0.2) is 21.3 Å². The highest BCUT2D eigenvalue weighted by Crippen LogP contribution is 2.30. The summed E-state index contributed by atoms with van der Waals surface area (Å²) in [6.45, 7) is 3.38. The van der Waals surface area contributed by atoms with Gasteiger partial charge in [-0.2, -0.15) is 4.98 Å². The van der Waals surface area contributed by atoms with Crippen molar-refractivity contribution < 1.29 is 13.7 Å². The number of hydrogen-bond donors (Lipinski definition) is 0. The van der Waals surface area contributed by atoms with Gasteiger partial charge in [-0.05, 0) is 44.6 Å². The summed E-state index contributed by atoms with van der Waals surface area (Å²) in [6.07, 6.45) is 12.0. The Kier molecular flexibility index (Phi) is 5.60. The molecule has 1 saturated carbocycles. The molecule has 1 saturated heterocycles. The molecule has 27 heavy (non-hydrogen) atoms. The van der Waals surface area contributed by atoms with Gasteiger partial charge in [-0.3, -0.25) is 4.79 Å². The van der Waals surface area contributed by atoms with E-state index in [1.54, 1.807) is 12.3 Å². The van der Waals surface area contributed by atoms with Gasteiger partial charge in [0.2, 0.25) is 5.89 Å². The Balaban J connectivity index is 1.37. The molecular formula is C21H29N3O3. The van der Waals surface area contributed by atoms with Gasteiger partial charge >= 0.3 is 0 Å². The zero-order valence-corrected chi connectivity index (χ0v) is 16.2. The highest BCUT2D eigenvalue weighted by Gasteiger charge is 2.28. The van der Waals surface area contributed by atoms with Gasteiger partial charge in [0.25, 0.3) is 5.91 Å². The van der Waals surface area contributed by atoms with E-state index in [0.717, 1.165) is 44.1 Å². The first-order valence-electron chi connectivity index (χ1n) is 10.4. The number of piperidine rings is 1. The number of furan rings is 1. The summed E-state index contributed by atoms with van der Waals surface area (Å²) in [7, 11) is 0. The monoisotopic (exact) mass is 371 g/mol. The van der Waals surface area contributed by atoms with Crippen molar-refractivity contribution in [2.24, 2.45) is 5.92 Å². The molecule has 2 fully saturated rings. The van der Waals surface area contributed by atoms with Crippen LogP contribution < -0.4 is 0 Å². The van der Waals surface area contributed by atoms with Crippen molar-refractivity contribution in [3.05, 3.63) is 35.4 Å². The molecule has 3 heterocycles. The fourth-order valence-electron chi connectivity index (χ4n) is 4.49. The summed E-state index contributed by atoms with van der Waals surface area (Å²) in [6, 6.07) is 1.76. The number of rotatable bonds is 4. The summed E-state index contributed by atoms with van der Waals surface area (Å²) in [5.74, 6) is 3.20. The van der Waals surface area contributed by atoms with E-state index in [2.05, 4.69) is 5.16 Å². The third kappa shape index (κ3) is 4.25. The number of aromatic nitrogens is 2. The Morgan fingerprint density at radius 2 is 2.00 bits per heavy atom. The molecule has 1 amide bonds. The Bertz CT molecular complexity index is 758. The van der Waals surface area contributed by atoms with Gasteiger partial charge in [-0.15, -0.1) is 0 Å². The van der Waals surface area contributed by atoms with Gasteiger partial charge in [-0.1, -0.05) is 30.8 Å². The fraction of sp³-hybridized carbons (Fsp3) is 0.667. The van der Waals surface area contributed by atoms with Crippen LogP contribution in [0.2, 0.25) is 0 Å². The van der Waals surface area contributed by atoms with Gasteiger partial charge in [0.05, 0.1) is 11.8 Å². The van der Waals surface area contributed by atoms with E-state index >= 15 is 0 Å². The van der Waals surface area contributed by atoms with Crippen molar-refractivity contribution >= 4 is 5.91 Å². The number of amides is 1. The summed E-state index contributed by atoms with van der Waals surface area (Å²) in [5.41, 5.74) is 0.670. The average molecular weight is 371 g/mol. The normalized spacial score (nSPS) is 22.0. The van der Waals surface area contributed by atoms with E-state index in [9.17, 15) is 4.79 Å². The standard InChI is InChI=1S/C21H29N3O3/c1-15-18(10-12-26-15)21(25)24-11-6-7-16(14-24)13-19-22-20(23-27-19)17-8-4-2-3-5-9-17/h10,12,16-17H,2-9,11,13-14H2,1H3. The first kappa shape index (κ1) is 18.3. The predicted octanol–water partition coefficient (Wildman–Crippen LogP) is 4.50. The molecule has 1 atom stereocenters. The molecule has 0 radical (unpaired) electrons. The number of carbonyl (C=O) groups excluding carboxylic acids is 1. The highest BCUT2D eigenvalue weighted by atomic mass is 16.5. The lowest BCUT2D eigenvalue weighted by atomic mass is 9.94. The quantitative estimate of drug-likeness (QED) is 0.740. The van der Waals surface area contributed by atoms with Gasteiger partial charge in [0, 0.05) is 25.4 Å². The molecular weight excluding hydrogens is 342 g/mol. The lowest BCUT2D eigenvalue weighted by molar-refractivity contribution is 0.0666. The molecule has 0 N–H and O–H groups in total. The minimum atomic E-state index is 0.0654. The Hall–Kier alpha value is -2.11. The van der Waals surface area contributed by atoms with Crippen molar-refractivity contribution in [1.82, 2.24) is 15.0 Å². The van der Waals surface area contributed by atoms with E-state index in [4.69, 9.17) is 13.9 Å². The predicted molar refractivity (Wildman–Crippen MR) is 101 cm³/mol. The minimum absolute atomic E-state index is 0.0654. The van der Waals surface area contributed by atoms with Gasteiger partial charge in [0.1, 0.15) is 5.76 Å². The topological polar surface area (TPSA) is 72.4 Å². The number of likely N-dealkylation sites (tertiary alicyclic amines) is 1. The molecule has 1 aliphatic carbocycles. The van der Waals surface area contributed by atoms with Crippen molar-refractivity contribution in [2.45, 2.75) is 70.6 Å². The van der Waals surface area contributed by atoms with E-state index in [1.165, 1.54) is 38.5 Å². The summed E-state index contributed by atoms with van der Waals surface area (Å²) < 4.78 is 10.9. The molecule has 2 aliphatic rings. The van der Waals surface area contributed by atoms with Crippen LogP contribution >= 0.6 is 0 Å². The molecule has 146 valence electrons. The molecule has 0 bridgehead atoms. The zero-order chi connectivity index (χ0) is 18.6. The van der Waals surface area contributed by atoms with Crippen LogP contribution in [-0.2, 0) is 6.42 Å². The summed E-state index contributed by atoms with van der Waals surface area (Å²) in [4.78, 5) is 19.4. The maximum atomic E-state index is 12.7. The molecule has 2 aromatic rings. The first-order valence-corrected chi connectivity index (χ1v) is 10.4. The van der Waals surface area contributed by atoms with Crippen molar-refractivity contribution in [3.8, 4) is 0 Å². The molecule has 4 rings (SSSR count). The van der Waals surface area contributed by atoms with Gasteiger partial charge < -0.3 is 13.8 Å². The van der Waals surface area contributed by atoms with Crippen molar-refractivity contribution in [3.63, 3.8) is 0 Å². The van der Waals surface area contributed by atoms with Crippen LogP contribution in [-0.4, -0.2) is 34.0 Å². The molecule has 1 unspecified atom stereocenters. The maximum absolute atomic E-state index is 12.7. The smallest absolute Gasteiger partial charge is 0.257 e. The number of aryl methyl sites for hydroxylation is 1. The second-order valence-corrected chi connectivity index (χ2v) is 8.09. The first-order chi connectivity index (χ1) is 13.2. The van der Waals surface area contributed by atoms with E-state index < -0.39 is 0 Å². The fourth-order valence-corrected chi connectivity index (χ4v) is 4.49. The Morgan fingerprint density at radius 1 is 1.19 bits per heavy atom. The van der Waals surface area contributed by atoms with Crippen LogP contribution in [0, 0.1) is 12.8 Å². The number of carbonyl (C=O) groups is 1. The molecule has 6 heteroatoms.